The molecular weight excluding hydrogens is 272 g/mol. The van der Waals surface area contributed by atoms with Gasteiger partial charge in [-0.3, -0.25) is 4.79 Å². The smallest absolute Gasteiger partial charge is 0.158 e. The second-order valence-electron chi connectivity index (χ2n) is 6.33. The molecule has 5 nitrogen and oxygen atoms in total. The molecule has 0 N–H and O–H groups in total. The summed E-state index contributed by atoms with van der Waals surface area (Å²) < 4.78 is 0. The molecule has 1 aromatic heterocycles. The van der Waals surface area contributed by atoms with E-state index in [2.05, 4.69) is 23.8 Å². The SMILES string of the molecule is CN(C)c1ncnc2c1N=C1CC(C)(C)CC(=O)C1S2. The molecule has 1 saturated carbocycles. The van der Waals surface area contributed by atoms with Crippen molar-refractivity contribution in [3.63, 3.8) is 0 Å². The molecule has 1 aliphatic carbocycles. The Kier molecular flexibility index (Phi) is 3.08. The molecule has 0 saturated heterocycles. The molecule has 0 radical (unpaired) electrons. The molecule has 2 aliphatic rings. The number of fused-ring (bicyclic) bond motifs is 2. The highest BCUT2D eigenvalue weighted by molar-refractivity contribution is 8.01. The van der Waals surface area contributed by atoms with Crippen LogP contribution in [0.4, 0.5) is 11.5 Å². The standard InChI is InChI=1S/C14H18N4OS/c1-14(2)5-8-11(9(19)6-14)20-13-10(17-8)12(18(3)4)15-7-16-13/h7,11H,5-6H2,1-4H3. The van der Waals surface area contributed by atoms with Gasteiger partial charge in [0.1, 0.15) is 22.3 Å². The first-order valence-corrected chi connectivity index (χ1v) is 7.54. The molecule has 1 aliphatic heterocycles. The summed E-state index contributed by atoms with van der Waals surface area (Å²) >= 11 is 1.52. The van der Waals surface area contributed by atoms with Gasteiger partial charge >= 0.3 is 0 Å². The zero-order chi connectivity index (χ0) is 14.5. The fraction of sp³-hybridized carbons (Fsp3) is 0.571. The van der Waals surface area contributed by atoms with Crippen LogP contribution in [-0.4, -0.2) is 40.8 Å². The summed E-state index contributed by atoms with van der Waals surface area (Å²) in [4.78, 5) is 27.6. The van der Waals surface area contributed by atoms with Crippen LogP contribution in [0.5, 0.6) is 0 Å². The lowest BCUT2D eigenvalue weighted by molar-refractivity contribution is -0.120. The summed E-state index contributed by atoms with van der Waals surface area (Å²) in [6, 6.07) is 0. The number of nitrogens with zero attached hydrogens (tertiary/aromatic N) is 4. The molecule has 0 bridgehead atoms. The average Bonchev–Trinajstić information content (AvgIpc) is 2.34. The number of carbonyl (C=O) groups is 1. The van der Waals surface area contributed by atoms with Gasteiger partial charge in [-0.2, -0.15) is 0 Å². The highest BCUT2D eigenvalue weighted by Gasteiger charge is 2.41. The van der Waals surface area contributed by atoms with E-state index in [9.17, 15) is 4.79 Å². The van der Waals surface area contributed by atoms with E-state index in [0.29, 0.717) is 6.42 Å². The van der Waals surface area contributed by atoms with Crippen LogP contribution in [0.2, 0.25) is 0 Å². The predicted octanol–water partition coefficient (Wildman–Crippen LogP) is 2.48. The Morgan fingerprint density at radius 1 is 1.30 bits per heavy atom. The van der Waals surface area contributed by atoms with Gasteiger partial charge in [0.15, 0.2) is 11.6 Å². The van der Waals surface area contributed by atoms with Crippen LogP contribution in [0.15, 0.2) is 16.3 Å². The molecule has 1 atom stereocenters. The normalized spacial score (nSPS) is 23.7. The van der Waals surface area contributed by atoms with Crippen molar-refractivity contribution in [1.82, 2.24) is 9.97 Å². The summed E-state index contributed by atoms with van der Waals surface area (Å²) in [5, 5.41) is 0.658. The van der Waals surface area contributed by atoms with Gasteiger partial charge in [0.25, 0.3) is 0 Å². The van der Waals surface area contributed by atoms with Crippen LogP contribution < -0.4 is 4.90 Å². The Balaban J connectivity index is 2.09. The van der Waals surface area contributed by atoms with Crippen LogP contribution in [-0.2, 0) is 4.79 Å². The monoisotopic (exact) mass is 290 g/mol. The van der Waals surface area contributed by atoms with Gasteiger partial charge < -0.3 is 4.90 Å². The van der Waals surface area contributed by atoms with E-state index < -0.39 is 0 Å². The van der Waals surface area contributed by atoms with Crippen molar-refractivity contribution in [1.29, 1.82) is 0 Å². The van der Waals surface area contributed by atoms with Crippen molar-refractivity contribution in [3.8, 4) is 0 Å². The van der Waals surface area contributed by atoms with Gasteiger partial charge in [0.2, 0.25) is 0 Å². The van der Waals surface area contributed by atoms with Crippen LogP contribution in [0, 0.1) is 5.41 Å². The number of carbonyl (C=O) groups excluding carboxylic acids is 1. The van der Waals surface area contributed by atoms with Gasteiger partial charge in [0, 0.05) is 26.2 Å². The first kappa shape index (κ1) is 13.5. The molecular formula is C14H18N4OS. The highest BCUT2D eigenvalue weighted by atomic mass is 32.2. The lowest BCUT2D eigenvalue weighted by atomic mass is 9.75. The summed E-state index contributed by atoms with van der Waals surface area (Å²) in [7, 11) is 3.88. The maximum absolute atomic E-state index is 12.3. The van der Waals surface area contributed by atoms with Crippen LogP contribution in [0.25, 0.3) is 0 Å². The van der Waals surface area contributed by atoms with E-state index >= 15 is 0 Å². The fourth-order valence-electron chi connectivity index (χ4n) is 2.75. The summed E-state index contributed by atoms with van der Waals surface area (Å²) in [6.07, 6.45) is 3.02. The third kappa shape index (κ3) is 2.22. The number of rotatable bonds is 1. The molecule has 3 rings (SSSR count). The second kappa shape index (κ2) is 4.55. The molecule has 6 heteroatoms. The van der Waals surface area contributed by atoms with E-state index in [-0.39, 0.29) is 16.4 Å². The second-order valence-corrected chi connectivity index (χ2v) is 7.42. The molecule has 0 amide bonds. The maximum Gasteiger partial charge on any atom is 0.158 e. The third-order valence-corrected chi connectivity index (χ3v) is 4.88. The van der Waals surface area contributed by atoms with Crippen molar-refractivity contribution in [3.05, 3.63) is 6.33 Å². The number of ketones is 1. The van der Waals surface area contributed by atoms with Gasteiger partial charge in [-0.25, -0.2) is 15.0 Å². The minimum Gasteiger partial charge on any atom is -0.361 e. The first-order valence-electron chi connectivity index (χ1n) is 6.66. The zero-order valence-electron chi connectivity index (χ0n) is 12.2. The third-order valence-electron chi connectivity index (χ3n) is 3.59. The highest BCUT2D eigenvalue weighted by Crippen LogP contribution is 2.46. The molecule has 1 aromatic rings. The number of anilines is 1. The van der Waals surface area contributed by atoms with E-state index in [1.54, 1.807) is 6.33 Å². The Morgan fingerprint density at radius 3 is 2.75 bits per heavy atom. The minimum absolute atomic E-state index is 0.00159. The zero-order valence-corrected chi connectivity index (χ0v) is 13.0. The summed E-state index contributed by atoms with van der Waals surface area (Å²) in [5.41, 5.74) is 1.78. The van der Waals surface area contributed by atoms with Crippen molar-refractivity contribution in [2.75, 3.05) is 19.0 Å². The first-order chi connectivity index (χ1) is 9.37. The topological polar surface area (TPSA) is 58.5 Å². The number of hydrogen-bond donors (Lipinski definition) is 0. The lowest BCUT2D eigenvalue weighted by Crippen LogP contribution is -2.40. The molecule has 106 valence electrons. The molecule has 2 heterocycles. The lowest BCUT2D eigenvalue weighted by Gasteiger charge is -2.36. The number of aliphatic imine (C=N–C) groups is 1. The molecule has 0 aromatic carbocycles. The number of thioether (sulfide) groups is 1. The van der Waals surface area contributed by atoms with Crippen molar-refractivity contribution < 1.29 is 4.79 Å². The van der Waals surface area contributed by atoms with Crippen molar-refractivity contribution >= 4 is 34.8 Å². The molecule has 1 fully saturated rings. The Bertz CT molecular complexity index is 609. The predicted molar refractivity (Wildman–Crippen MR) is 81.1 cm³/mol. The Morgan fingerprint density at radius 2 is 2.05 bits per heavy atom. The van der Waals surface area contributed by atoms with Gasteiger partial charge in [0.05, 0.1) is 0 Å². The Labute approximate surface area is 122 Å². The largest absolute Gasteiger partial charge is 0.361 e. The average molecular weight is 290 g/mol. The fourth-order valence-corrected chi connectivity index (χ4v) is 3.81. The van der Waals surface area contributed by atoms with Crippen molar-refractivity contribution in [2.45, 2.75) is 37.0 Å². The van der Waals surface area contributed by atoms with Crippen molar-refractivity contribution in [2.24, 2.45) is 10.4 Å². The molecule has 20 heavy (non-hydrogen) atoms. The minimum atomic E-state index is -0.152. The number of Topliss-reactive ketones (excluding diaryl/α,β-unsaturated/α-hetero) is 1. The van der Waals surface area contributed by atoms with Gasteiger partial charge in [-0.05, 0) is 11.8 Å². The van der Waals surface area contributed by atoms with Crippen LogP contribution in [0.3, 0.4) is 0 Å². The van der Waals surface area contributed by atoms with Gasteiger partial charge in [-0.15, -0.1) is 0 Å². The molecule has 0 spiro atoms. The quantitative estimate of drug-likeness (QED) is 0.744. The van der Waals surface area contributed by atoms with E-state index in [1.807, 2.05) is 19.0 Å². The van der Waals surface area contributed by atoms with Gasteiger partial charge in [-0.1, -0.05) is 25.6 Å². The van der Waals surface area contributed by atoms with Crippen LogP contribution in [0.1, 0.15) is 26.7 Å². The van der Waals surface area contributed by atoms with E-state index in [0.717, 1.165) is 28.7 Å². The van der Waals surface area contributed by atoms with Crippen LogP contribution >= 0.6 is 11.8 Å². The molecule has 1 unspecified atom stereocenters. The summed E-state index contributed by atoms with van der Waals surface area (Å²) in [5.74, 6) is 1.07. The maximum atomic E-state index is 12.3. The number of aromatic nitrogens is 2. The van der Waals surface area contributed by atoms with E-state index in [1.165, 1.54) is 11.8 Å². The Hall–Kier alpha value is -1.43. The van der Waals surface area contributed by atoms with E-state index in [4.69, 9.17) is 4.99 Å². The summed E-state index contributed by atoms with van der Waals surface area (Å²) in [6.45, 7) is 4.25. The number of hydrogen-bond acceptors (Lipinski definition) is 6.